The first kappa shape index (κ1) is 29.1. The van der Waals surface area contributed by atoms with Crippen LogP contribution in [0.25, 0.3) is 5.69 Å². The summed E-state index contributed by atoms with van der Waals surface area (Å²) in [6.45, 7) is 3.79. The van der Waals surface area contributed by atoms with Gasteiger partial charge in [0.05, 0.1) is 16.9 Å². The van der Waals surface area contributed by atoms with E-state index in [0.717, 1.165) is 18.2 Å². The number of terminal acetylenes is 1. The predicted octanol–water partition coefficient (Wildman–Crippen LogP) is 5.07. The highest BCUT2D eigenvalue weighted by atomic mass is 19.4. The minimum Gasteiger partial charge on any atom is -0.339 e. The molecule has 2 heterocycles. The highest BCUT2D eigenvalue weighted by molar-refractivity contribution is 6.06. The van der Waals surface area contributed by atoms with Crippen molar-refractivity contribution in [3.05, 3.63) is 107 Å². The van der Waals surface area contributed by atoms with Gasteiger partial charge in [-0.3, -0.25) is 19.3 Å². The zero-order valence-electron chi connectivity index (χ0n) is 23.1. The van der Waals surface area contributed by atoms with Crippen LogP contribution in [0.2, 0.25) is 0 Å². The number of carbonyl (C=O) groups is 3. The van der Waals surface area contributed by atoms with E-state index in [-0.39, 0.29) is 12.1 Å². The van der Waals surface area contributed by atoms with Crippen LogP contribution in [0.5, 0.6) is 0 Å². The first-order chi connectivity index (χ1) is 20.5. The van der Waals surface area contributed by atoms with E-state index in [0.29, 0.717) is 34.0 Å². The minimum atomic E-state index is -4.65. The van der Waals surface area contributed by atoms with Crippen LogP contribution in [0.15, 0.2) is 78.9 Å². The first-order valence-corrected chi connectivity index (χ1v) is 13.4. The van der Waals surface area contributed by atoms with E-state index in [9.17, 15) is 27.6 Å². The summed E-state index contributed by atoms with van der Waals surface area (Å²) >= 11 is 0. The van der Waals surface area contributed by atoms with Gasteiger partial charge in [0, 0.05) is 29.3 Å². The van der Waals surface area contributed by atoms with E-state index in [2.05, 4.69) is 10.6 Å². The molecular formula is C32H26F3N5O3. The number of para-hydroxylation sites is 1. The van der Waals surface area contributed by atoms with Crippen LogP contribution in [0.1, 0.15) is 45.6 Å². The molecule has 43 heavy (non-hydrogen) atoms. The standard InChI is InChI=1S/C32H26F3N5O3/c1-4-25(41)36-23-14-10-11-20(18-23)27-26-19(3)38-40(24-15-7-6-8-16-24)30(26)39(5-2)31(43)28(27)37-29(42)21-12-9-13-22(17-21)32(33,34)35/h1,6-18,27-28H,5H2,2-3H3,(H,36,41)(H,37,42)/t27-,28-/m0/s1. The molecule has 0 aliphatic carbocycles. The Kier molecular flexibility index (Phi) is 7.78. The highest BCUT2D eigenvalue weighted by Crippen LogP contribution is 2.44. The molecule has 4 aromatic rings. The third-order valence-corrected chi connectivity index (χ3v) is 7.20. The lowest BCUT2D eigenvalue weighted by Gasteiger charge is -2.38. The van der Waals surface area contributed by atoms with Gasteiger partial charge in [-0.1, -0.05) is 36.4 Å². The third kappa shape index (κ3) is 5.59. The van der Waals surface area contributed by atoms with Gasteiger partial charge in [-0.2, -0.15) is 18.3 Å². The van der Waals surface area contributed by atoms with Gasteiger partial charge in [-0.15, -0.1) is 6.42 Å². The zero-order valence-corrected chi connectivity index (χ0v) is 23.1. The fourth-order valence-electron chi connectivity index (χ4n) is 5.33. The van der Waals surface area contributed by atoms with Crippen molar-refractivity contribution in [2.75, 3.05) is 16.8 Å². The van der Waals surface area contributed by atoms with Crippen LogP contribution >= 0.6 is 0 Å². The number of carbonyl (C=O) groups excluding carboxylic acids is 3. The molecule has 1 aliphatic rings. The number of fused-ring (bicyclic) bond motifs is 1. The average molecular weight is 586 g/mol. The quantitative estimate of drug-likeness (QED) is 0.309. The van der Waals surface area contributed by atoms with Crippen LogP contribution in [-0.4, -0.2) is 40.1 Å². The van der Waals surface area contributed by atoms with Gasteiger partial charge in [0.2, 0.25) is 0 Å². The van der Waals surface area contributed by atoms with Gasteiger partial charge >= 0.3 is 6.18 Å². The maximum Gasteiger partial charge on any atom is 0.416 e. The maximum absolute atomic E-state index is 14.2. The van der Waals surface area contributed by atoms with E-state index in [4.69, 9.17) is 11.5 Å². The van der Waals surface area contributed by atoms with E-state index in [1.165, 1.54) is 11.0 Å². The van der Waals surface area contributed by atoms with Crippen molar-refractivity contribution in [3.8, 4) is 18.0 Å². The lowest BCUT2D eigenvalue weighted by atomic mass is 9.81. The molecule has 11 heteroatoms. The molecule has 5 rings (SSSR count). The number of rotatable bonds is 6. The summed E-state index contributed by atoms with van der Waals surface area (Å²) in [6, 6.07) is 18.7. The summed E-state index contributed by atoms with van der Waals surface area (Å²) in [4.78, 5) is 41.0. The normalized spacial score (nSPS) is 16.3. The molecule has 0 bridgehead atoms. The van der Waals surface area contributed by atoms with Gasteiger partial charge in [0.1, 0.15) is 11.9 Å². The minimum absolute atomic E-state index is 0.227. The Balaban J connectivity index is 1.67. The van der Waals surface area contributed by atoms with E-state index < -0.39 is 41.4 Å². The van der Waals surface area contributed by atoms with Gasteiger partial charge < -0.3 is 10.6 Å². The van der Waals surface area contributed by atoms with E-state index >= 15 is 0 Å². The Hall–Kier alpha value is -5.37. The van der Waals surface area contributed by atoms with Gasteiger partial charge in [0.25, 0.3) is 17.7 Å². The van der Waals surface area contributed by atoms with Crippen molar-refractivity contribution in [1.82, 2.24) is 15.1 Å². The highest BCUT2D eigenvalue weighted by Gasteiger charge is 2.45. The smallest absolute Gasteiger partial charge is 0.339 e. The summed E-state index contributed by atoms with van der Waals surface area (Å²) in [5.74, 6) is -0.324. The monoisotopic (exact) mass is 585 g/mol. The number of amides is 3. The number of hydrogen-bond acceptors (Lipinski definition) is 4. The molecule has 0 unspecified atom stereocenters. The van der Waals surface area contributed by atoms with Crippen molar-refractivity contribution in [3.63, 3.8) is 0 Å². The van der Waals surface area contributed by atoms with Gasteiger partial charge in [-0.05, 0) is 67.8 Å². The second kappa shape index (κ2) is 11.5. The predicted molar refractivity (Wildman–Crippen MR) is 155 cm³/mol. The van der Waals surface area contributed by atoms with Gasteiger partial charge in [-0.25, -0.2) is 4.68 Å². The lowest BCUT2D eigenvalue weighted by Crippen LogP contribution is -2.55. The average Bonchev–Trinajstić information content (AvgIpc) is 3.34. The summed E-state index contributed by atoms with van der Waals surface area (Å²) in [6.07, 6.45) is 0.566. The summed E-state index contributed by atoms with van der Waals surface area (Å²) in [7, 11) is 0. The van der Waals surface area contributed by atoms with Crippen molar-refractivity contribution in [2.24, 2.45) is 0 Å². The number of halogens is 3. The fraction of sp³-hybridized carbons (Fsp3) is 0.188. The number of aryl methyl sites for hydroxylation is 1. The van der Waals surface area contributed by atoms with Crippen LogP contribution in [0, 0.1) is 19.3 Å². The summed E-state index contributed by atoms with van der Waals surface area (Å²) in [5, 5.41) is 10.1. The van der Waals surface area contributed by atoms with Crippen molar-refractivity contribution >= 4 is 29.2 Å². The number of anilines is 2. The van der Waals surface area contributed by atoms with Crippen molar-refractivity contribution in [1.29, 1.82) is 0 Å². The molecular weight excluding hydrogens is 559 g/mol. The number of nitrogens with zero attached hydrogens (tertiary/aromatic N) is 3. The molecule has 2 N–H and O–H groups in total. The molecule has 1 aliphatic heterocycles. The molecule has 0 fully saturated rings. The molecule has 3 amide bonds. The SMILES string of the molecule is C#CC(=O)Nc1cccc([C@H]2c3c(C)nn(-c4ccccc4)c3N(CC)C(=O)[C@H]2NC(=O)c2cccc(C(F)(F)F)c2)c1. The molecule has 0 spiro atoms. The lowest BCUT2D eigenvalue weighted by molar-refractivity contribution is -0.137. The van der Waals surface area contributed by atoms with Crippen LogP contribution < -0.4 is 15.5 Å². The molecule has 1 aromatic heterocycles. The van der Waals surface area contributed by atoms with E-state index in [1.807, 2.05) is 36.3 Å². The second-order valence-corrected chi connectivity index (χ2v) is 9.88. The Morgan fingerprint density at radius 2 is 1.74 bits per heavy atom. The number of alkyl halides is 3. The summed E-state index contributed by atoms with van der Waals surface area (Å²) < 4.78 is 41.8. The van der Waals surface area contributed by atoms with Crippen molar-refractivity contribution in [2.45, 2.75) is 32.0 Å². The number of nitrogens with one attached hydrogen (secondary N) is 2. The Morgan fingerprint density at radius 1 is 1.02 bits per heavy atom. The summed E-state index contributed by atoms with van der Waals surface area (Å²) in [5.41, 5.74) is 1.60. The molecule has 0 saturated carbocycles. The maximum atomic E-state index is 14.2. The van der Waals surface area contributed by atoms with Gasteiger partial charge in [0.15, 0.2) is 0 Å². The molecule has 2 atom stereocenters. The molecule has 218 valence electrons. The third-order valence-electron chi connectivity index (χ3n) is 7.20. The Labute approximate surface area is 245 Å². The molecule has 3 aromatic carbocycles. The first-order valence-electron chi connectivity index (χ1n) is 13.4. The van der Waals surface area contributed by atoms with Crippen LogP contribution in [0.3, 0.4) is 0 Å². The number of hydrogen-bond donors (Lipinski definition) is 2. The number of likely N-dealkylation sites (N-methyl/N-ethyl adjacent to an activating group) is 1. The number of benzene rings is 3. The van der Waals surface area contributed by atoms with Crippen LogP contribution in [0.4, 0.5) is 24.7 Å². The van der Waals surface area contributed by atoms with Crippen LogP contribution in [-0.2, 0) is 15.8 Å². The molecule has 0 radical (unpaired) electrons. The Bertz CT molecular complexity index is 1760. The topological polar surface area (TPSA) is 96.3 Å². The second-order valence-electron chi connectivity index (χ2n) is 9.88. The molecule has 8 nitrogen and oxygen atoms in total. The van der Waals surface area contributed by atoms with Crippen molar-refractivity contribution < 1.29 is 27.6 Å². The fourth-order valence-corrected chi connectivity index (χ4v) is 5.33. The largest absolute Gasteiger partial charge is 0.416 e. The zero-order chi connectivity index (χ0) is 30.9. The number of aromatic nitrogens is 2. The molecule has 0 saturated heterocycles. The van der Waals surface area contributed by atoms with E-state index in [1.54, 1.807) is 42.8 Å². The Morgan fingerprint density at radius 3 is 2.42 bits per heavy atom.